The number of carbonyl (C=O) groups is 1. The normalized spacial score (nSPS) is 28.0. The van der Waals surface area contributed by atoms with Crippen LogP contribution in [-0.4, -0.2) is 29.1 Å². The molecule has 17 heavy (non-hydrogen) atoms. The van der Waals surface area contributed by atoms with Crippen molar-refractivity contribution in [2.24, 2.45) is 11.3 Å². The minimum atomic E-state index is 0.00907. The second kappa shape index (κ2) is 4.97. The van der Waals surface area contributed by atoms with Gasteiger partial charge in [-0.3, -0.25) is 10.1 Å². The van der Waals surface area contributed by atoms with E-state index in [1.165, 1.54) is 0 Å². The maximum atomic E-state index is 12.4. The Balaban J connectivity index is 2.79. The van der Waals surface area contributed by atoms with Gasteiger partial charge in [-0.15, -0.1) is 0 Å². The third-order valence-electron chi connectivity index (χ3n) is 3.79. The Labute approximate surface area is 106 Å². The van der Waals surface area contributed by atoms with Crippen molar-refractivity contribution in [1.29, 1.82) is 0 Å². The summed E-state index contributed by atoms with van der Waals surface area (Å²) in [6, 6.07) is 0.268. The fraction of sp³-hybridized carbons (Fsp3) is 0.929. The van der Waals surface area contributed by atoms with Gasteiger partial charge in [0.15, 0.2) is 0 Å². The average molecular weight is 240 g/mol. The Morgan fingerprint density at radius 1 is 1.29 bits per heavy atom. The van der Waals surface area contributed by atoms with E-state index in [1.54, 1.807) is 0 Å². The molecule has 0 bridgehead atoms. The van der Waals surface area contributed by atoms with Crippen LogP contribution < -0.4 is 5.32 Å². The predicted molar refractivity (Wildman–Crippen MR) is 71.6 cm³/mol. The van der Waals surface area contributed by atoms with Crippen molar-refractivity contribution in [3.63, 3.8) is 0 Å². The molecule has 0 aromatic heterocycles. The first-order valence-electron chi connectivity index (χ1n) is 6.72. The fourth-order valence-electron chi connectivity index (χ4n) is 2.40. The smallest absolute Gasteiger partial charge is 0.241 e. The van der Waals surface area contributed by atoms with E-state index >= 15 is 0 Å². The number of hydrogen-bond acceptors (Lipinski definition) is 2. The van der Waals surface area contributed by atoms with E-state index in [2.05, 4.69) is 53.8 Å². The van der Waals surface area contributed by atoms with Crippen molar-refractivity contribution >= 4 is 5.91 Å². The molecule has 1 heterocycles. The van der Waals surface area contributed by atoms with Gasteiger partial charge in [0.1, 0.15) is 0 Å². The fourth-order valence-corrected chi connectivity index (χ4v) is 2.40. The van der Waals surface area contributed by atoms with Gasteiger partial charge in [-0.05, 0) is 31.6 Å². The van der Waals surface area contributed by atoms with Gasteiger partial charge in [-0.1, -0.05) is 34.6 Å². The predicted octanol–water partition coefficient (Wildman–Crippen LogP) is 2.61. The van der Waals surface area contributed by atoms with Gasteiger partial charge in [0.25, 0.3) is 0 Å². The lowest BCUT2D eigenvalue weighted by Crippen LogP contribution is -2.47. The topological polar surface area (TPSA) is 32.3 Å². The van der Waals surface area contributed by atoms with Gasteiger partial charge in [-0.25, -0.2) is 0 Å². The molecule has 0 saturated carbocycles. The summed E-state index contributed by atoms with van der Waals surface area (Å²) in [4.78, 5) is 14.4. The van der Waals surface area contributed by atoms with E-state index < -0.39 is 0 Å². The number of amides is 1. The lowest BCUT2D eigenvalue weighted by Gasteiger charge is -2.37. The molecule has 0 radical (unpaired) electrons. The van der Waals surface area contributed by atoms with Crippen LogP contribution >= 0.6 is 0 Å². The number of hydrogen-bond donors (Lipinski definition) is 1. The molecule has 3 nitrogen and oxygen atoms in total. The molecule has 1 amide bonds. The highest BCUT2D eigenvalue weighted by Gasteiger charge is 2.42. The summed E-state index contributed by atoms with van der Waals surface area (Å²) in [7, 11) is 0. The molecule has 3 heteroatoms. The molecule has 1 saturated heterocycles. The SMILES string of the molecule is CC(C)CC1NC(C)N(C(C)C(C)(C)C)C1=O. The average Bonchev–Trinajstić information content (AvgIpc) is 2.38. The Morgan fingerprint density at radius 3 is 2.24 bits per heavy atom. The second-order valence-electron chi connectivity index (χ2n) is 6.81. The molecule has 0 aromatic rings. The van der Waals surface area contributed by atoms with Gasteiger partial charge in [-0.2, -0.15) is 0 Å². The van der Waals surface area contributed by atoms with Crippen molar-refractivity contribution in [3.8, 4) is 0 Å². The summed E-state index contributed by atoms with van der Waals surface area (Å²) < 4.78 is 0. The van der Waals surface area contributed by atoms with Gasteiger partial charge in [0, 0.05) is 6.04 Å². The van der Waals surface area contributed by atoms with Crippen molar-refractivity contribution in [3.05, 3.63) is 0 Å². The number of nitrogens with zero attached hydrogens (tertiary/aromatic N) is 1. The molecule has 3 atom stereocenters. The van der Waals surface area contributed by atoms with Gasteiger partial charge in [0.2, 0.25) is 5.91 Å². The third kappa shape index (κ3) is 3.21. The zero-order valence-corrected chi connectivity index (χ0v) is 12.4. The molecule has 1 aliphatic rings. The summed E-state index contributed by atoms with van der Waals surface area (Å²) in [5, 5.41) is 3.41. The van der Waals surface area contributed by atoms with E-state index in [9.17, 15) is 4.79 Å². The summed E-state index contributed by atoms with van der Waals surface area (Å²) >= 11 is 0. The maximum absolute atomic E-state index is 12.4. The van der Waals surface area contributed by atoms with Crippen molar-refractivity contribution in [2.45, 2.75) is 73.1 Å². The van der Waals surface area contributed by atoms with Crippen LogP contribution in [0.5, 0.6) is 0 Å². The standard InChI is InChI=1S/C14H28N2O/c1-9(2)8-12-13(17)16(11(4)15-12)10(3)14(5,6)7/h9-12,15H,8H2,1-7H3. The van der Waals surface area contributed by atoms with Crippen LogP contribution in [0, 0.1) is 11.3 Å². The first kappa shape index (κ1) is 14.5. The highest BCUT2D eigenvalue weighted by molar-refractivity contribution is 5.84. The highest BCUT2D eigenvalue weighted by Crippen LogP contribution is 2.29. The molecule has 100 valence electrons. The van der Waals surface area contributed by atoms with E-state index in [0.717, 1.165) is 6.42 Å². The number of nitrogens with one attached hydrogen (secondary N) is 1. The van der Waals surface area contributed by atoms with Crippen LogP contribution in [0.15, 0.2) is 0 Å². The highest BCUT2D eigenvalue weighted by atomic mass is 16.2. The lowest BCUT2D eigenvalue weighted by molar-refractivity contribution is -0.134. The monoisotopic (exact) mass is 240 g/mol. The maximum Gasteiger partial charge on any atom is 0.241 e. The van der Waals surface area contributed by atoms with Crippen LogP contribution in [0.25, 0.3) is 0 Å². The van der Waals surface area contributed by atoms with Crippen LogP contribution in [0.1, 0.15) is 54.9 Å². The summed E-state index contributed by atoms with van der Waals surface area (Å²) in [5.41, 5.74) is 0.123. The first-order valence-corrected chi connectivity index (χ1v) is 6.72. The van der Waals surface area contributed by atoms with Crippen molar-refractivity contribution in [1.82, 2.24) is 10.2 Å². The first-order chi connectivity index (χ1) is 7.64. The Morgan fingerprint density at radius 2 is 1.82 bits per heavy atom. The summed E-state index contributed by atoms with van der Waals surface area (Å²) in [6.07, 6.45) is 1.08. The Kier molecular flexibility index (Phi) is 4.23. The van der Waals surface area contributed by atoms with E-state index in [4.69, 9.17) is 0 Å². The van der Waals surface area contributed by atoms with Crippen molar-refractivity contribution < 1.29 is 4.79 Å². The van der Waals surface area contributed by atoms with Crippen molar-refractivity contribution in [2.75, 3.05) is 0 Å². The number of carbonyl (C=O) groups excluding carboxylic acids is 1. The minimum absolute atomic E-state index is 0.00907. The second-order valence-corrected chi connectivity index (χ2v) is 6.81. The summed E-state index contributed by atoms with van der Waals surface area (Å²) in [6.45, 7) is 15.1. The molecule has 1 N–H and O–H groups in total. The minimum Gasteiger partial charge on any atom is -0.323 e. The largest absolute Gasteiger partial charge is 0.323 e. The van der Waals surface area contributed by atoms with Crippen LogP contribution in [-0.2, 0) is 4.79 Å². The quantitative estimate of drug-likeness (QED) is 0.822. The van der Waals surface area contributed by atoms with Gasteiger partial charge < -0.3 is 4.90 Å². The van der Waals surface area contributed by atoms with E-state index in [1.807, 2.05) is 4.90 Å². The summed E-state index contributed by atoms with van der Waals surface area (Å²) in [5.74, 6) is 0.821. The lowest BCUT2D eigenvalue weighted by atomic mass is 9.86. The molecule has 3 unspecified atom stereocenters. The number of rotatable bonds is 3. The van der Waals surface area contributed by atoms with E-state index in [0.29, 0.717) is 5.92 Å². The molecule has 1 fully saturated rings. The van der Waals surface area contributed by atoms with E-state index in [-0.39, 0.29) is 29.6 Å². The molecule has 0 spiro atoms. The van der Waals surface area contributed by atoms with Gasteiger partial charge in [0.05, 0.1) is 12.2 Å². The molecule has 0 aromatic carbocycles. The molecule has 0 aliphatic carbocycles. The molecule has 1 aliphatic heterocycles. The van der Waals surface area contributed by atoms with Crippen LogP contribution in [0.3, 0.4) is 0 Å². The van der Waals surface area contributed by atoms with Crippen LogP contribution in [0.2, 0.25) is 0 Å². The molecular weight excluding hydrogens is 212 g/mol. The Hall–Kier alpha value is -0.570. The third-order valence-corrected chi connectivity index (χ3v) is 3.79. The zero-order valence-electron chi connectivity index (χ0n) is 12.4. The van der Waals surface area contributed by atoms with Crippen LogP contribution in [0.4, 0.5) is 0 Å². The molecular formula is C14H28N2O. The Bertz CT molecular complexity index is 280. The zero-order chi connectivity index (χ0) is 13.4. The molecule has 1 rings (SSSR count). The van der Waals surface area contributed by atoms with Gasteiger partial charge >= 0.3 is 0 Å².